The van der Waals surface area contributed by atoms with E-state index in [0.29, 0.717) is 22.6 Å². The van der Waals surface area contributed by atoms with Crippen molar-refractivity contribution >= 4 is 22.6 Å². The summed E-state index contributed by atoms with van der Waals surface area (Å²) in [5, 5.41) is 25.1. The highest BCUT2D eigenvalue weighted by Crippen LogP contribution is 2.43. The predicted octanol–water partition coefficient (Wildman–Crippen LogP) is 3.35. The molecule has 2 aromatic carbocycles. The molecule has 0 saturated heterocycles. The lowest BCUT2D eigenvalue weighted by Gasteiger charge is -2.27. The number of benzene rings is 2. The summed E-state index contributed by atoms with van der Waals surface area (Å²) in [6.07, 6.45) is 1.72. The van der Waals surface area contributed by atoms with Crippen LogP contribution in [0.25, 0.3) is 11.0 Å². The van der Waals surface area contributed by atoms with Crippen molar-refractivity contribution in [2.24, 2.45) is 10.9 Å². The zero-order chi connectivity index (χ0) is 17.5. The Morgan fingerprint density at radius 3 is 2.73 bits per heavy atom. The van der Waals surface area contributed by atoms with Crippen molar-refractivity contribution in [2.45, 2.75) is 5.92 Å². The number of hydrogen-bond donors (Lipinski definition) is 1. The molecule has 3 heterocycles. The fourth-order valence-corrected chi connectivity index (χ4v) is 3.55. The summed E-state index contributed by atoms with van der Waals surface area (Å²) in [5.41, 5.74) is 4.68. The van der Waals surface area contributed by atoms with Gasteiger partial charge in [0.1, 0.15) is 17.0 Å². The number of nitrogens with one attached hydrogen (secondary N) is 1. The van der Waals surface area contributed by atoms with Crippen LogP contribution >= 0.6 is 0 Å². The van der Waals surface area contributed by atoms with Gasteiger partial charge in [0.25, 0.3) is 0 Å². The van der Waals surface area contributed by atoms with Gasteiger partial charge in [-0.05, 0) is 27.5 Å². The third kappa shape index (κ3) is 2.06. The first-order valence-corrected chi connectivity index (χ1v) is 8.15. The van der Waals surface area contributed by atoms with Crippen LogP contribution in [0.1, 0.15) is 22.6 Å². The second-order valence-electron chi connectivity index (χ2n) is 6.10. The second kappa shape index (κ2) is 5.63. The van der Waals surface area contributed by atoms with Gasteiger partial charge in [0.15, 0.2) is 5.82 Å². The zero-order valence-corrected chi connectivity index (χ0v) is 13.5. The molecule has 0 saturated carbocycles. The molecule has 7 nitrogen and oxygen atoms in total. The first-order valence-electron chi connectivity index (χ1n) is 8.15. The van der Waals surface area contributed by atoms with Gasteiger partial charge in [0.05, 0.1) is 18.0 Å². The Morgan fingerprint density at radius 2 is 1.88 bits per heavy atom. The van der Waals surface area contributed by atoms with Crippen LogP contribution in [0.2, 0.25) is 0 Å². The second-order valence-corrected chi connectivity index (χ2v) is 6.10. The van der Waals surface area contributed by atoms with Gasteiger partial charge in [0.2, 0.25) is 0 Å². The van der Waals surface area contributed by atoms with Gasteiger partial charge in [-0.15, -0.1) is 0 Å². The molecule has 0 aliphatic carbocycles. The molecular formula is C19H12N6O. The Bertz CT molecular complexity index is 1170. The maximum atomic E-state index is 10.0. The third-order valence-electron chi connectivity index (χ3n) is 4.70. The van der Waals surface area contributed by atoms with Crippen LogP contribution in [0.5, 0.6) is 0 Å². The third-order valence-corrected chi connectivity index (χ3v) is 4.70. The van der Waals surface area contributed by atoms with E-state index in [4.69, 9.17) is 4.63 Å². The Hall–Kier alpha value is -3.79. The molecule has 0 radical (unpaired) electrons. The number of fused-ring (bicyclic) bond motifs is 2. The molecule has 5 rings (SSSR count). The van der Waals surface area contributed by atoms with E-state index < -0.39 is 5.92 Å². The van der Waals surface area contributed by atoms with Crippen molar-refractivity contribution in [3.05, 3.63) is 71.4 Å². The van der Waals surface area contributed by atoms with Gasteiger partial charge in [-0.1, -0.05) is 42.5 Å². The number of rotatable bonds is 2. The SMILES string of the molecule is N#CC1C(c2ccccc2)=Nc2[nH]ncc2C1c1cccc2nonc12. The molecule has 0 fully saturated rings. The minimum Gasteiger partial charge on any atom is -0.261 e. The van der Waals surface area contributed by atoms with E-state index in [-0.39, 0.29) is 5.92 Å². The molecule has 7 heteroatoms. The average Bonchev–Trinajstić information content (AvgIpc) is 3.36. The van der Waals surface area contributed by atoms with Crippen LogP contribution in [-0.4, -0.2) is 26.2 Å². The zero-order valence-electron chi connectivity index (χ0n) is 13.5. The summed E-state index contributed by atoms with van der Waals surface area (Å²) < 4.78 is 4.91. The molecule has 0 spiro atoms. The van der Waals surface area contributed by atoms with Crippen LogP contribution in [0, 0.1) is 17.2 Å². The summed E-state index contributed by atoms with van der Waals surface area (Å²) >= 11 is 0. The molecule has 2 atom stereocenters. The number of H-pyrrole nitrogens is 1. The van der Waals surface area contributed by atoms with Crippen LogP contribution in [0.3, 0.4) is 0 Å². The van der Waals surface area contributed by atoms with Gasteiger partial charge in [0, 0.05) is 11.5 Å². The highest BCUT2D eigenvalue weighted by Gasteiger charge is 2.37. The Kier molecular flexibility index (Phi) is 3.15. The van der Waals surface area contributed by atoms with Gasteiger partial charge in [-0.2, -0.15) is 10.4 Å². The highest BCUT2D eigenvalue weighted by molar-refractivity contribution is 6.07. The van der Waals surface area contributed by atoms with Crippen LogP contribution in [0.4, 0.5) is 5.82 Å². The van der Waals surface area contributed by atoms with Crippen molar-refractivity contribution in [1.29, 1.82) is 5.26 Å². The Labute approximate surface area is 148 Å². The summed E-state index contributed by atoms with van der Waals surface area (Å²) in [6, 6.07) is 17.8. The molecule has 0 amide bonds. The summed E-state index contributed by atoms with van der Waals surface area (Å²) in [7, 11) is 0. The van der Waals surface area contributed by atoms with E-state index in [0.717, 1.165) is 16.7 Å². The largest absolute Gasteiger partial charge is 0.261 e. The van der Waals surface area contributed by atoms with Crippen molar-refractivity contribution < 1.29 is 4.63 Å². The van der Waals surface area contributed by atoms with Crippen LogP contribution < -0.4 is 0 Å². The molecule has 2 aromatic heterocycles. The lowest BCUT2D eigenvalue weighted by molar-refractivity contribution is 0.315. The van der Waals surface area contributed by atoms with Gasteiger partial charge >= 0.3 is 0 Å². The van der Waals surface area contributed by atoms with E-state index in [1.807, 2.05) is 48.5 Å². The number of aromatic amines is 1. The van der Waals surface area contributed by atoms with E-state index >= 15 is 0 Å². The van der Waals surface area contributed by atoms with Crippen LogP contribution in [0.15, 0.2) is 64.3 Å². The number of aliphatic imine (C=N–C) groups is 1. The number of hydrogen-bond acceptors (Lipinski definition) is 6. The minimum absolute atomic E-state index is 0.267. The first-order chi connectivity index (χ1) is 12.9. The smallest absolute Gasteiger partial charge is 0.152 e. The molecule has 4 aromatic rings. The normalized spacial score (nSPS) is 19.0. The van der Waals surface area contributed by atoms with E-state index in [9.17, 15) is 5.26 Å². The van der Waals surface area contributed by atoms with Gasteiger partial charge < -0.3 is 0 Å². The predicted molar refractivity (Wildman–Crippen MR) is 94.0 cm³/mol. The molecule has 1 N–H and O–H groups in total. The lowest BCUT2D eigenvalue weighted by Crippen LogP contribution is -2.26. The lowest BCUT2D eigenvalue weighted by atomic mass is 9.76. The molecule has 2 unspecified atom stereocenters. The number of nitriles is 1. The maximum absolute atomic E-state index is 10.0. The first kappa shape index (κ1) is 14.5. The fraction of sp³-hybridized carbons (Fsp3) is 0.105. The molecular weight excluding hydrogens is 328 g/mol. The number of aromatic nitrogens is 4. The molecule has 1 aliphatic heterocycles. The van der Waals surface area contributed by atoms with Crippen molar-refractivity contribution in [3.63, 3.8) is 0 Å². The fourth-order valence-electron chi connectivity index (χ4n) is 3.55. The van der Waals surface area contributed by atoms with E-state index in [2.05, 4.69) is 31.6 Å². The van der Waals surface area contributed by atoms with Crippen molar-refractivity contribution in [1.82, 2.24) is 20.5 Å². The highest BCUT2D eigenvalue weighted by atomic mass is 16.6. The maximum Gasteiger partial charge on any atom is 0.152 e. The molecule has 0 bridgehead atoms. The van der Waals surface area contributed by atoms with E-state index in [1.165, 1.54) is 0 Å². The topological polar surface area (TPSA) is 104 Å². The van der Waals surface area contributed by atoms with Crippen molar-refractivity contribution in [3.8, 4) is 6.07 Å². The average molecular weight is 340 g/mol. The summed E-state index contributed by atoms with van der Waals surface area (Å²) in [5.74, 6) is -0.0873. The van der Waals surface area contributed by atoms with E-state index in [1.54, 1.807) is 6.20 Å². The molecule has 26 heavy (non-hydrogen) atoms. The number of nitrogens with zero attached hydrogens (tertiary/aromatic N) is 5. The summed E-state index contributed by atoms with van der Waals surface area (Å²) in [4.78, 5) is 4.69. The minimum atomic E-state index is -0.482. The quantitative estimate of drug-likeness (QED) is 0.602. The molecule has 1 aliphatic rings. The monoisotopic (exact) mass is 340 g/mol. The van der Waals surface area contributed by atoms with Gasteiger partial charge in [-0.25, -0.2) is 9.62 Å². The standard InChI is InChI=1S/C19H12N6O/c20-9-13-16(12-7-4-8-15-18(12)25-26-24-15)14-10-21-23-19(14)22-17(13)11-5-2-1-3-6-11/h1-8,10,13,16H,(H,21,23). The van der Waals surface area contributed by atoms with Gasteiger partial charge in [-0.3, -0.25) is 5.10 Å². The van der Waals surface area contributed by atoms with Crippen molar-refractivity contribution in [2.75, 3.05) is 0 Å². The van der Waals surface area contributed by atoms with Crippen LogP contribution in [-0.2, 0) is 0 Å². The Balaban J connectivity index is 1.77. The Morgan fingerprint density at radius 1 is 1.00 bits per heavy atom. The molecule has 124 valence electrons. The summed E-state index contributed by atoms with van der Waals surface area (Å²) in [6.45, 7) is 0.